The van der Waals surface area contributed by atoms with Gasteiger partial charge in [0.1, 0.15) is 22.6 Å². The number of hydrogen-bond donors (Lipinski definition) is 2. The average molecular weight is 326 g/mol. The van der Waals surface area contributed by atoms with Gasteiger partial charge in [0.05, 0.1) is 0 Å². The summed E-state index contributed by atoms with van der Waals surface area (Å²) in [5, 5.41) is 24.3. The maximum atomic E-state index is 10.2. The van der Waals surface area contributed by atoms with E-state index in [0.29, 0.717) is 11.1 Å². The van der Waals surface area contributed by atoms with Crippen LogP contribution in [0.1, 0.15) is 11.1 Å². The predicted molar refractivity (Wildman–Crippen MR) is 104 cm³/mol. The number of hydrogen-bond acceptors (Lipinski definition) is 2. The second-order valence-electron chi connectivity index (χ2n) is 5.85. The number of nitrogens with zero attached hydrogens (tertiary/aromatic N) is 1. The molecule has 0 aliphatic carbocycles. The van der Waals surface area contributed by atoms with E-state index in [1.54, 1.807) is 24.6 Å². The van der Waals surface area contributed by atoms with E-state index in [1.165, 1.54) is 0 Å². The molecule has 0 bridgehead atoms. The van der Waals surface area contributed by atoms with Gasteiger partial charge in [-0.05, 0) is 33.7 Å². The molecule has 4 aromatic carbocycles. The van der Waals surface area contributed by atoms with Gasteiger partial charge >= 0.3 is 12.4 Å². The third-order valence-corrected chi connectivity index (χ3v) is 4.30. The molecule has 0 spiro atoms. The third-order valence-electron chi connectivity index (χ3n) is 4.30. The zero-order chi connectivity index (χ0) is 17.2. The van der Waals surface area contributed by atoms with E-state index < -0.39 is 0 Å². The first kappa shape index (κ1) is 15.0. The van der Waals surface area contributed by atoms with Gasteiger partial charge in [0.2, 0.25) is 0 Å². The fourth-order valence-electron chi connectivity index (χ4n) is 3.03. The quantitative estimate of drug-likeness (QED) is 0.432. The summed E-state index contributed by atoms with van der Waals surface area (Å²) in [6.07, 6.45) is 3.25. The van der Waals surface area contributed by atoms with Crippen LogP contribution in [0.25, 0.3) is 21.5 Å². The Kier molecular flexibility index (Phi) is 3.70. The molecule has 0 radical (unpaired) electrons. The number of phenols is 2. The van der Waals surface area contributed by atoms with Crippen molar-refractivity contribution < 1.29 is 10.2 Å². The second-order valence-corrected chi connectivity index (χ2v) is 5.85. The summed E-state index contributed by atoms with van der Waals surface area (Å²) in [4.78, 5) is 0. The molecule has 2 N–H and O–H groups in total. The third kappa shape index (κ3) is 2.74. The first-order valence-electron chi connectivity index (χ1n) is 8.02. The predicted octanol–water partition coefficient (Wildman–Crippen LogP) is 4.01. The van der Waals surface area contributed by atoms with Crippen LogP contribution >= 0.6 is 0 Å². The van der Waals surface area contributed by atoms with Crippen LogP contribution in [0.2, 0.25) is 0 Å². The number of rotatable bonds is 2. The highest BCUT2D eigenvalue weighted by Crippen LogP contribution is 2.26. The molecule has 4 aromatic rings. The highest BCUT2D eigenvalue weighted by Gasteiger charge is 2.10. The molecule has 25 heavy (non-hydrogen) atoms. The molecule has 4 rings (SSSR count). The van der Waals surface area contributed by atoms with E-state index in [1.807, 2.05) is 60.7 Å². The lowest BCUT2D eigenvalue weighted by atomic mass is 10.0. The van der Waals surface area contributed by atoms with Crippen molar-refractivity contribution in [2.75, 3.05) is 0 Å². The van der Waals surface area contributed by atoms with Crippen molar-refractivity contribution in [3.63, 3.8) is 0 Å². The summed E-state index contributed by atoms with van der Waals surface area (Å²) >= 11 is 0. The lowest BCUT2D eigenvalue weighted by Gasteiger charge is -2.01. The first-order valence-corrected chi connectivity index (χ1v) is 8.02. The monoisotopic (exact) mass is 326 g/mol. The highest BCUT2D eigenvalue weighted by atomic mass is 16.3. The number of phenolic OH excluding ortho intramolecular Hbond substituents is 2. The van der Waals surface area contributed by atoms with Crippen molar-refractivity contribution in [2.45, 2.75) is 0 Å². The minimum absolute atomic E-state index is 0.179. The highest BCUT2D eigenvalue weighted by molar-refractivity contribution is 6.06. The van der Waals surface area contributed by atoms with Crippen LogP contribution < -0.4 is 4.67 Å². The summed E-state index contributed by atoms with van der Waals surface area (Å²) in [7, 11) is 0. The number of fused-ring (bicyclic) bond motifs is 2. The Morgan fingerprint density at radius 1 is 0.560 bits per heavy atom. The lowest BCUT2D eigenvalue weighted by molar-refractivity contribution is 0.475. The topological polar surface area (TPSA) is 54.6 Å². The van der Waals surface area contributed by atoms with Gasteiger partial charge in [-0.25, -0.2) is 0 Å². The van der Waals surface area contributed by atoms with E-state index >= 15 is 0 Å². The zero-order valence-corrected chi connectivity index (χ0v) is 13.4. The number of benzene rings is 4. The molecule has 0 aromatic heterocycles. The van der Waals surface area contributed by atoms with Crippen molar-refractivity contribution in [3.8, 4) is 11.5 Å². The molecule has 0 heterocycles. The Bertz CT molecular complexity index is 1070. The largest absolute Gasteiger partial charge is 0.507 e. The van der Waals surface area contributed by atoms with Crippen molar-refractivity contribution in [2.24, 2.45) is 0 Å². The summed E-state index contributed by atoms with van der Waals surface area (Å²) in [6.45, 7) is 0. The minimum Gasteiger partial charge on any atom is -0.507 e. The number of aromatic hydroxyl groups is 2. The Labute approximate surface area is 144 Å². The van der Waals surface area contributed by atoms with Gasteiger partial charge in [0.25, 0.3) is 0 Å². The minimum atomic E-state index is 0.179. The van der Waals surface area contributed by atoms with E-state index in [-0.39, 0.29) is 11.5 Å². The van der Waals surface area contributed by atoms with Crippen molar-refractivity contribution in [3.05, 3.63) is 83.9 Å². The van der Waals surface area contributed by atoms with Crippen molar-refractivity contribution in [1.29, 1.82) is 0 Å². The van der Waals surface area contributed by atoms with Crippen molar-refractivity contribution in [1.82, 2.24) is 4.67 Å². The molecule has 0 unspecified atom stereocenters. The molecule has 3 nitrogen and oxygen atoms in total. The Hall–Kier alpha value is -3.55. The summed E-state index contributed by atoms with van der Waals surface area (Å²) in [5.74, 6) is 0.357. The van der Waals surface area contributed by atoms with Crippen LogP contribution in [0.4, 0.5) is 0 Å². The molecule has 3 heteroatoms. The smallest absolute Gasteiger partial charge is 0.303 e. The van der Waals surface area contributed by atoms with Crippen LogP contribution in [0.3, 0.4) is 0 Å². The summed E-state index contributed by atoms with van der Waals surface area (Å²) < 4.78 is 4.36. The van der Waals surface area contributed by atoms with E-state index in [2.05, 4.69) is 4.67 Å². The van der Waals surface area contributed by atoms with Gasteiger partial charge in [0.15, 0.2) is 0 Å². The Morgan fingerprint density at radius 3 is 1.48 bits per heavy atom. The van der Waals surface area contributed by atoms with Gasteiger partial charge < -0.3 is 10.2 Å². The standard InChI is InChI=1S/C22H15NO2/c24-21-11-9-15-5-1-3-7-17(15)19(21)13-23-14-20-18-8-4-2-6-16(18)10-12-22(20)25/h1-14H,(H,23,24,25)/p+1. The summed E-state index contributed by atoms with van der Waals surface area (Å²) in [6, 6.07) is 22.7. The van der Waals surface area contributed by atoms with Crippen LogP contribution in [0.5, 0.6) is 11.5 Å². The molecular formula is C22H16NO2+. The van der Waals surface area contributed by atoms with Gasteiger partial charge in [-0.15, -0.1) is 0 Å². The second kappa shape index (κ2) is 6.16. The van der Waals surface area contributed by atoms with Gasteiger partial charge in [0, 0.05) is 0 Å². The molecule has 0 amide bonds. The molecule has 0 saturated heterocycles. The molecule has 0 aliphatic heterocycles. The first-order chi connectivity index (χ1) is 12.2. The van der Waals surface area contributed by atoms with E-state index in [9.17, 15) is 10.2 Å². The van der Waals surface area contributed by atoms with Gasteiger partial charge in [-0.3, -0.25) is 0 Å². The fraction of sp³-hybridized carbons (Fsp3) is 0. The fourth-order valence-corrected chi connectivity index (χ4v) is 3.03. The SMILES string of the molecule is Oc1ccc2ccccc2c1C=[N+]=Cc1c(O)ccc2ccccc12. The van der Waals surface area contributed by atoms with E-state index in [0.717, 1.165) is 21.5 Å². The molecule has 0 fully saturated rings. The van der Waals surface area contributed by atoms with E-state index in [4.69, 9.17) is 0 Å². The Morgan fingerprint density at radius 2 is 1.00 bits per heavy atom. The van der Waals surface area contributed by atoms with Gasteiger partial charge in [-0.1, -0.05) is 65.3 Å². The molecular weight excluding hydrogens is 310 g/mol. The normalized spacial score (nSPS) is 10.6. The lowest BCUT2D eigenvalue weighted by Crippen LogP contribution is -1.93. The van der Waals surface area contributed by atoms with Crippen LogP contribution in [0, 0.1) is 0 Å². The summed E-state index contributed by atoms with van der Waals surface area (Å²) in [5.41, 5.74) is 1.32. The zero-order valence-electron chi connectivity index (χ0n) is 13.4. The molecule has 0 saturated carbocycles. The van der Waals surface area contributed by atoms with Crippen LogP contribution in [-0.2, 0) is 0 Å². The van der Waals surface area contributed by atoms with Crippen molar-refractivity contribution >= 4 is 34.0 Å². The van der Waals surface area contributed by atoms with Crippen LogP contribution in [-0.4, -0.2) is 22.6 Å². The van der Waals surface area contributed by atoms with Gasteiger partial charge in [-0.2, -0.15) is 0 Å². The Balaban J connectivity index is 1.86. The molecule has 120 valence electrons. The molecule has 0 aliphatic rings. The average Bonchev–Trinajstić information content (AvgIpc) is 2.65. The maximum absolute atomic E-state index is 10.2. The molecule has 0 atom stereocenters. The van der Waals surface area contributed by atoms with Crippen LogP contribution in [0.15, 0.2) is 72.8 Å². The maximum Gasteiger partial charge on any atom is 0.303 e.